The Bertz CT molecular complexity index is 388. The third-order valence-electron chi connectivity index (χ3n) is 3.28. The average Bonchev–Trinajstić information content (AvgIpc) is 2.47. The zero-order valence-corrected chi connectivity index (χ0v) is 12.9. The number of hydrogen-bond donors (Lipinski definition) is 2. The molecule has 3 heteroatoms. The maximum absolute atomic E-state index is 5.64. The van der Waals surface area contributed by atoms with Crippen molar-refractivity contribution in [2.45, 2.75) is 66.6 Å². The van der Waals surface area contributed by atoms with Crippen molar-refractivity contribution in [3.63, 3.8) is 0 Å². The summed E-state index contributed by atoms with van der Waals surface area (Å²) in [6, 6.07) is 0.443. The Kier molecular flexibility index (Phi) is 5.00. The zero-order valence-electron chi connectivity index (χ0n) is 12.9. The molecule has 1 heterocycles. The summed E-state index contributed by atoms with van der Waals surface area (Å²) in [6.07, 6.45) is 0. The summed E-state index contributed by atoms with van der Waals surface area (Å²) in [6.45, 7) is 16.8. The number of rotatable bonds is 5. The molecule has 0 spiro atoms. The van der Waals surface area contributed by atoms with Gasteiger partial charge in [-0.2, -0.15) is 0 Å². The first kappa shape index (κ1) is 15.3. The van der Waals surface area contributed by atoms with Gasteiger partial charge in [-0.15, -0.1) is 0 Å². The highest BCUT2D eigenvalue weighted by molar-refractivity contribution is 5.31. The van der Waals surface area contributed by atoms with Gasteiger partial charge >= 0.3 is 0 Å². The van der Waals surface area contributed by atoms with E-state index >= 15 is 0 Å². The van der Waals surface area contributed by atoms with Gasteiger partial charge < -0.3 is 15.1 Å². The third kappa shape index (κ3) is 4.46. The summed E-state index contributed by atoms with van der Waals surface area (Å²) < 4.78 is 5.64. The van der Waals surface area contributed by atoms with Crippen molar-refractivity contribution in [3.8, 4) is 0 Å². The maximum atomic E-state index is 5.64. The largest absolute Gasteiger partial charge is 0.466 e. The van der Waals surface area contributed by atoms with E-state index in [4.69, 9.17) is 4.42 Å². The standard InChI is InChI=1S/C15H28N2O/c1-10(8-17-15(5,6)7)16-9-14-11(2)12(3)18-13(14)4/h10,16-17H,8-9H2,1-7H3. The van der Waals surface area contributed by atoms with Gasteiger partial charge in [0.1, 0.15) is 11.5 Å². The summed E-state index contributed by atoms with van der Waals surface area (Å²) in [5.41, 5.74) is 2.75. The number of aryl methyl sites for hydroxylation is 2. The topological polar surface area (TPSA) is 37.2 Å². The monoisotopic (exact) mass is 252 g/mol. The first-order chi connectivity index (χ1) is 8.20. The Hall–Kier alpha value is -0.800. The quantitative estimate of drug-likeness (QED) is 0.845. The van der Waals surface area contributed by atoms with Crippen LogP contribution in [-0.2, 0) is 6.54 Å². The molecular weight excluding hydrogens is 224 g/mol. The van der Waals surface area contributed by atoms with Crippen LogP contribution in [0.4, 0.5) is 0 Å². The highest BCUT2D eigenvalue weighted by Gasteiger charge is 2.13. The second-order valence-corrected chi connectivity index (χ2v) is 6.23. The Labute approximate surface area is 111 Å². The van der Waals surface area contributed by atoms with Crippen LogP contribution in [0.3, 0.4) is 0 Å². The highest BCUT2D eigenvalue weighted by atomic mass is 16.3. The molecule has 1 aromatic heterocycles. The van der Waals surface area contributed by atoms with Crippen LogP contribution in [-0.4, -0.2) is 18.1 Å². The molecule has 3 nitrogen and oxygen atoms in total. The highest BCUT2D eigenvalue weighted by Crippen LogP contribution is 2.20. The molecule has 1 atom stereocenters. The van der Waals surface area contributed by atoms with Gasteiger partial charge in [-0.25, -0.2) is 0 Å². The number of nitrogens with one attached hydrogen (secondary N) is 2. The van der Waals surface area contributed by atoms with E-state index in [1.54, 1.807) is 0 Å². The average molecular weight is 252 g/mol. The predicted octanol–water partition coefficient (Wildman–Crippen LogP) is 3.07. The van der Waals surface area contributed by atoms with Crippen molar-refractivity contribution in [3.05, 3.63) is 22.6 Å². The lowest BCUT2D eigenvalue weighted by atomic mass is 10.1. The molecule has 0 bridgehead atoms. The van der Waals surface area contributed by atoms with Crippen molar-refractivity contribution >= 4 is 0 Å². The second-order valence-electron chi connectivity index (χ2n) is 6.23. The van der Waals surface area contributed by atoms with Crippen LogP contribution in [0.5, 0.6) is 0 Å². The molecule has 0 saturated heterocycles. The van der Waals surface area contributed by atoms with Crippen LogP contribution in [0.1, 0.15) is 50.3 Å². The van der Waals surface area contributed by atoms with E-state index in [-0.39, 0.29) is 5.54 Å². The fraction of sp³-hybridized carbons (Fsp3) is 0.733. The molecule has 0 saturated carbocycles. The summed E-state index contributed by atoms with van der Waals surface area (Å²) in [5.74, 6) is 2.07. The van der Waals surface area contributed by atoms with Crippen molar-refractivity contribution in [1.82, 2.24) is 10.6 Å². The first-order valence-corrected chi connectivity index (χ1v) is 6.74. The minimum absolute atomic E-state index is 0.175. The fourth-order valence-corrected chi connectivity index (χ4v) is 1.91. The van der Waals surface area contributed by atoms with Gasteiger partial charge in [0.2, 0.25) is 0 Å². The lowest BCUT2D eigenvalue weighted by Crippen LogP contribution is -2.44. The molecule has 0 aromatic carbocycles. The van der Waals surface area contributed by atoms with Gasteiger partial charge in [-0.05, 0) is 54.0 Å². The molecule has 0 fully saturated rings. The molecule has 0 aliphatic carbocycles. The molecule has 0 radical (unpaired) electrons. The fourth-order valence-electron chi connectivity index (χ4n) is 1.91. The maximum Gasteiger partial charge on any atom is 0.105 e. The van der Waals surface area contributed by atoms with E-state index in [0.717, 1.165) is 24.6 Å². The molecule has 2 N–H and O–H groups in total. The van der Waals surface area contributed by atoms with Crippen LogP contribution in [0.2, 0.25) is 0 Å². The molecule has 18 heavy (non-hydrogen) atoms. The molecular formula is C15H28N2O. The molecule has 0 aliphatic rings. The van der Waals surface area contributed by atoms with Crippen molar-refractivity contribution in [1.29, 1.82) is 0 Å². The van der Waals surface area contributed by atoms with Crippen molar-refractivity contribution in [2.75, 3.05) is 6.54 Å². The molecule has 1 unspecified atom stereocenters. The summed E-state index contributed by atoms with van der Waals surface area (Å²) in [5, 5.41) is 7.05. The van der Waals surface area contributed by atoms with E-state index in [2.05, 4.69) is 45.3 Å². The van der Waals surface area contributed by atoms with Crippen molar-refractivity contribution in [2.24, 2.45) is 0 Å². The Morgan fingerprint density at radius 3 is 2.17 bits per heavy atom. The summed E-state index contributed by atoms with van der Waals surface area (Å²) in [7, 11) is 0. The smallest absolute Gasteiger partial charge is 0.105 e. The van der Waals surface area contributed by atoms with E-state index in [9.17, 15) is 0 Å². The van der Waals surface area contributed by atoms with E-state index in [0.29, 0.717) is 6.04 Å². The number of hydrogen-bond acceptors (Lipinski definition) is 3. The van der Waals surface area contributed by atoms with Crippen molar-refractivity contribution < 1.29 is 4.42 Å². The summed E-state index contributed by atoms with van der Waals surface area (Å²) >= 11 is 0. The normalized spacial score (nSPS) is 13.9. The minimum Gasteiger partial charge on any atom is -0.466 e. The zero-order chi connectivity index (χ0) is 13.9. The lowest BCUT2D eigenvalue weighted by molar-refractivity contribution is 0.386. The van der Waals surface area contributed by atoms with Gasteiger partial charge in [0.15, 0.2) is 0 Å². The van der Waals surface area contributed by atoms with Crippen LogP contribution >= 0.6 is 0 Å². The van der Waals surface area contributed by atoms with E-state index in [1.807, 2.05) is 13.8 Å². The van der Waals surface area contributed by atoms with Gasteiger partial charge in [0.25, 0.3) is 0 Å². The molecule has 1 rings (SSSR count). The summed E-state index contributed by atoms with van der Waals surface area (Å²) in [4.78, 5) is 0. The third-order valence-corrected chi connectivity index (χ3v) is 3.28. The van der Waals surface area contributed by atoms with Crippen LogP contribution in [0.25, 0.3) is 0 Å². The second kappa shape index (κ2) is 5.89. The molecule has 1 aromatic rings. The Balaban J connectivity index is 2.45. The molecule has 0 aliphatic heterocycles. The van der Waals surface area contributed by atoms with Gasteiger partial charge in [-0.3, -0.25) is 0 Å². The first-order valence-electron chi connectivity index (χ1n) is 6.74. The number of furan rings is 1. The van der Waals surface area contributed by atoms with Crippen LogP contribution in [0, 0.1) is 20.8 Å². The van der Waals surface area contributed by atoms with Crippen LogP contribution in [0.15, 0.2) is 4.42 Å². The van der Waals surface area contributed by atoms with Gasteiger partial charge in [-0.1, -0.05) is 0 Å². The van der Waals surface area contributed by atoms with Gasteiger partial charge in [0.05, 0.1) is 0 Å². The van der Waals surface area contributed by atoms with Crippen LogP contribution < -0.4 is 10.6 Å². The molecule has 0 amide bonds. The predicted molar refractivity (Wildman–Crippen MR) is 77.0 cm³/mol. The minimum atomic E-state index is 0.175. The van der Waals surface area contributed by atoms with E-state index in [1.165, 1.54) is 11.1 Å². The van der Waals surface area contributed by atoms with Gasteiger partial charge in [0, 0.05) is 30.2 Å². The van der Waals surface area contributed by atoms with E-state index < -0.39 is 0 Å². The SMILES string of the molecule is Cc1oc(C)c(CNC(C)CNC(C)(C)C)c1C. The molecule has 104 valence electrons. The lowest BCUT2D eigenvalue weighted by Gasteiger charge is -2.24. The Morgan fingerprint density at radius 1 is 1.11 bits per heavy atom. The Morgan fingerprint density at radius 2 is 1.72 bits per heavy atom.